The molecule has 0 saturated heterocycles. The molecule has 0 spiro atoms. The van der Waals surface area contributed by atoms with Crippen LogP contribution in [0, 0.1) is 0 Å². The fourth-order valence-corrected chi connectivity index (χ4v) is 9.22. The average Bonchev–Trinajstić information content (AvgIpc) is 3.36. The molecular weight excluding hydrogens is 865 g/mol. The molecule has 1 atom stereocenters. The lowest BCUT2D eigenvalue weighted by Gasteiger charge is -2.18. The number of hydrogen-bond donors (Lipinski definition) is 0. The van der Waals surface area contributed by atoms with E-state index in [4.69, 9.17) is 14.2 Å². The first-order chi connectivity index (χ1) is 34.5. The van der Waals surface area contributed by atoms with Gasteiger partial charge in [-0.1, -0.05) is 295 Å². The Morgan fingerprint density at radius 3 is 0.800 bits per heavy atom. The highest BCUT2D eigenvalue weighted by Crippen LogP contribution is 2.17. The first kappa shape index (κ1) is 67.6. The Bertz CT molecular complexity index is 1170. The van der Waals surface area contributed by atoms with Crippen LogP contribution < -0.4 is 0 Å². The van der Waals surface area contributed by atoms with E-state index >= 15 is 0 Å². The summed E-state index contributed by atoms with van der Waals surface area (Å²) < 4.78 is 16.8. The van der Waals surface area contributed by atoms with Gasteiger partial charge in [0.1, 0.15) is 13.2 Å². The quantitative estimate of drug-likeness (QED) is 0.0261. The second kappa shape index (κ2) is 59.2. The normalized spacial score (nSPS) is 12.2. The standard InChI is InChI=1S/C64H118O6/c1-4-7-10-13-15-17-19-21-23-25-27-28-29-30-31-32-33-34-35-36-37-39-40-42-44-46-48-51-54-57-63(66)69-60-61(59-68-62(65)56-53-50-12-9-6-3)70-64(67)58-55-52-49-47-45-43-41-38-26-24-22-20-18-16-14-11-8-5-2/h19,21,25,27,29-30,61H,4-18,20,22-24,26,28,31-60H2,1-3H3/b21-19-,27-25-,30-29-. The van der Waals surface area contributed by atoms with Gasteiger partial charge in [-0.3, -0.25) is 14.4 Å². The van der Waals surface area contributed by atoms with Crippen molar-refractivity contribution in [1.82, 2.24) is 0 Å². The van der Waals surface area contributed by atoms with E-state index in [9.17, 15) is 14.4 Å². The van der Waals surface area contributed by atoms with Gasteiger partial charge >= 0.3 is 17.9 Å². The summed E-state index contributed by atoms with van der Waals surface area (Å²) in [7, 11) is 0. The van der Waals surface area contributed by atoms with E-state index in [2.05, 4.69) is 57.2 Å². The van der Waals surface area contributed by atoms with E-state index in [-0.39, 0.29) is 31.1 Å². The van der Waals surface area contributed by atoms with Crippen molar-refractivity contribution >= 4 is 17.9 Å². The van der Waals surface area contributed by atoms with Crippen molar-refractivity contribution in [3.8, 4) is 0 Å². The molecule has 0 radical (unpaired) electrons. The SMILES string of the molecule is CCCCCCC/C=C\C/C=C\C/C=C\CCCCCCCCCCCCCCCCC(=O)OCC(COC(=O)CCCCCCC)OC(=O)CCCCCCCCCCCCCCCCCCCC. The number of hydrogen-bond acceptors (Lipinski definition) is 6. The topological polar surface area (TPSA) is 78.9 Å². The molecule has 0 N–H and O–H groups in total. The fraction of sp³-hybridized carbons (Fsp3) is 0.859. The van der Waals surface area contributed by atoms with Gasteiger partial charge in [0.15, 0.2) is 6.10 Å². The Hall–Kier alpha value is -2.37. The summed E-state index contributed by atoms with van der Waals surface area (Å²) in [6.07, 6.45) is 72.0. The lowest BCUT2D eigenvalue weighted by molar-refractivity contribution is -0.167. The van der Waals surface area contributed by atoms with E-state index in [1.807, 2.05) is 0 Å². The molecule has 0 heterocycles. The van der Waals surface area contributed by atoms with Crippen molar-refractivity contribution in [2.45, 2.75) is 341 Å². The van der Waals surface area contributed by atoms with Crippen LogP contribution >= 0.6 is 0 Å². The van der Waals surface area contributed by atoms with Gasteiger partial charge in [-0.25, -0.2) is 0 Å². The first-order valence-electron chi connectivity index (χ1n) is 31.0. The van der Waals surface area contributed by atoms with Gasteiger partial charge in [-0.15, -0.1) is 0 Å². The van der Waals surface area contributed by atoms with Gasteiger partial charge in [0, 0.05) is 19.3 Å². The third kappa shape index (κ3) is 56.5. The Morgan fingerprint density at radius 2 is 0.514 bits per heavy atom. The molecule has 0 aromatic carbocycles. The highest BCUT2D eigenvalue weighted by molar-refractivity contribution is 5.71. The van der Waals surface area contributed by atoms with E-state index in [1.54, 1.807) is 0 Å². The van der Waals surface area contributed by atoms with Crippen molar-refractivity contribution in [2.24, 2.45) is 0 Å². The van der Waals surface area contributed by atoms with Gasteiger partial charge < -0.3 is 14.2 Å². The maximum absolute atomic E-state index is 12.8. The van der Waals surface area contributed by atoms with E-state index in [0.717, 1.165) is 77.0 Å². The van der Waals surface area contributed by atoms with Crippen LogP contribution in [0.5, 0.6) is 0 Å². The predicted octanol–water partition coefficient (Wildman–Crippen LogP) is 20.8. The largest absolute Gasteiger partial charge is 0.462 e. The molecule has 0 rings (SSSR count). The van der Waals surface area contributed by atoms with Crippen LogP contribution in [0.3, 0.4) is 0 Å². The fourth-order valence-electron chi connectivity index (χ4n) is 9.22. The van der Waals surface area contributed by atoms with Gasteiger partial charge in [0.05, 0.1) is 0 Å². The third-order valence-electron chi connectivity index (χ3n) is 13.9. The highest BCUT2D eigenvalue weighted by Gasteiger charge is 2.19. The lowest BCUT2D eigenvalue weighted by Crippen LogP contribution is -2.30. The molecule has 0 bridgehead atoms. The van der Waals surface area contributed by atoms with Crippen molar-refractivity contribution in [3.05, 3.63) is 36.5 Å². The summed E-state index contributed by atoms with van der Waals surface area (Å²) in [6.45, 7) is 6.59. The second-order valence-electron chi connectivity index (χ2n) is 21.0. The van der Waals surface area contributed by atoms with Crippen LogP contribution in [0.1, 0.15) is 335 Å². The molecule has 0 aromatic heterocycles. The molecule has 0 aromatic rings. The van der Waals surface area contributed by atoms with E-state index in [0.29, 0.717) is 19.3 Å². The maximum Gasteiger partial charge on any atom is 0.306 e. The number of rotatable bonds is 57. The molecule has 1 unspecified atom stereocenters. The van der Waals surface area contributed by atoms with Gasteiger partial charge in [0.25, 0.3) is 0 Å². The Labute approximate surface area is 435 Å². The van der Waals surface area contributed by atoms with Crippen molar-refractivity contribution in [3.63, 3.8) is 0 Å². The molecule has 6 nitrogen and oxygen atoms in total. The minimum atomic E-state index is -0.765. The number of allylic oxidation sites excluding steroid dienone is 6. The molecule has 410 valence electrons. The van der Waals surface area contributed by atoms with Gasteiger partial charge in [0.2, 0.25) is 0 Å². The second-order valence-corrected chi connectivity index (χ2v) is 21.0. The van der Waals surface area contributed by atoms with Crippen LogP contribution in [0.4, 0.5) is 0 Å². The third-order valence-corrected chi connectivity index (χ3v) is 13.9. The molecule has 0 amide bonds. The minimum Gasteiger partial charge on any atom is -0.462 e. The van der Waals surface area contributed by atoms with Crippen molar-refractivity contribution < 1.29 is 28.6 Å². The molecule has 0 saturated carbocycles. The van der Waals surface area contributed by atoms with Crippen LogP contribution in [0.15, 0.2) is 36.5 Å². The maximum atomic E-state index is 12.8. The summed E-state index contributed by atoms with van der Waals surface area (Å²) in [5.41, 5.74) is 0. The zero-order valence-electron chi connectivity index (χ0n) is 47.1. The molecule has 0 aliphatic rings. The summed E-state index contributed by atoms with van der Waals surface area (Å²) >= 11 is 0. The molecule has 0 aliphatic carbocycles. The predicted molar refractivity (Wildman–Crippen MR) is 302 cm³/mol. The van der Waals surface area contributed by atoms with Crippen LogP contribution in [-0.4, -0.2) is 37.2 Å². The zero-order chi connectivity index (χ0) is 50.7. The van der Waals surface area contributed by atoms with Crippen LogP contribution in [0.2, 0.25) is 0 Å². The monoisotopic (exact) mass is 983 g/mol. The Kier molecular flexibility index (Phi) is 57.2. The van der Waals surface area contributed by atoms with Crippen LogP contribution in [-0.2, 0) is 28.6 Å². The number of carbonyl (C=O) groups is 3. The molecule has 6 heteroatoms. The minimum absolute atomic E-state index is 0.0681. The van der Waals surface area contributed by atoms with E-state index in [1.165, 1.54) is 218 Å². The smallest absolute Gasteiger partial charge is 0.306 e. The number of ether oxygens (including phenoxy) is 3. The lowest BCUT2D eigenvalue weighted by atomic mass is 10.0. The summed E-state index contributed by atoms with van der Waals surface area (Å²) in [4.78, 5) is 37.8. The highest BCUT2D eigenvalue weighted by atomic mass is 16.6. The molecule has 0 aliphatic heterocycles. The number of esters is 3. The van der Waals surface area contributed by atoms with Gasteiger partial charge in [-0.05, 0) is 57.8 Å². The van der Waals surface area contributed by atoms with Crippen LogP contribution in [0.25, 0.3) is 0 Å². The van der Waals surface area contributed by atoms with Gasteiger partial charge in [-0.2, -0.15) is 0 Å². The molecule has 70 heavy (non-hydrogen) atoms. The Balaban J connectivity index is 3.98. The summed E-state index contributed by atoms with van der Waals surface area (Å²) in [5.74, 6) is -0.863. The number of carbonyl (C=O) groups excluding carboxylic acids is 3. The van der Waals surface area contributed by atoms with E-state index < -0.39 is 6.10 Å². The summed E-state index contributed by atoms with van der Waals surface area (Å²) in [5, 5.41) is 0. The molecule has 0 fully saturated rings. The first-order valence-corrected chi connectivity index (χ1v) is 31.0. The average molecular weight is 984 g/mol. The Morgan fingerprint density at radius 1 is 0.286 bits per heavy atom. The molecular formula is C64H118O6. The number of unbranched alkanes of at least 4 members (excludes halogenated alkanes) is 40. The van der Waals surface area contributed by atoms with Crippen molar-refractivity contribution in [2.75, 3.05) is 13.2 Å². The zero-order valence-corrected chi connectivity index (χ0v) is 47.1. The summed E-state index contributed by atoms with van der Waals surface area (Å²) in [6, 6.07) is 0. The van der Waals surface area contributed by atoms with Crippen molar-refractivity contribution in [1.29, 1.82) is 0 Å².